The van der Waals surface area contributed by atoms with Crippen molar-refractivity contribution >= 4 is 11.9 Å². The van der Waals surface area contributed by atoms with E-state index in [1.165, 1.54) is 7.11 Å². The van der Waals surface area contributed by atoms with Crippen LogP contribution in [-0.2, 0) is 20.9 Å². The van der Waals surface area contributed by atoms with Gasteiger partial charge >= 0.3 is 5.97 Å². The van der Waals surface area contributed by atoms with Crippen molar-refractivity contribution in [3.05, 3.63) is 70.8 Å². The lowest BCUT2D eigenvalue weighted by molar-refractivity contribution is -0.142. The smallest absolute Gasteiger partial charge is 0.314 e. The lowest BCUT2D eigenvalue weighted by atomic mass is 9.97. The molecule has 0 aromatic heterocycles. The Morgan fingerprint density at radius 3 is 2.52 bits per heavy atom. The minimum Gasteiger partial charge on any atom is -0.468 e. The Morgan fingerprint density at radius 2 is 1.84 bits per heavy atom. The SMILES string of the molecule is COCc1ccccc1C(=O)NC[C@H](C(=O)OC)c1cccc(C)c1. The van der Waals surface area contributed by atoms with Crippen molar-refractivity contribution in [1.82, 2.24) is 5.32 Å². The maximum absolute atomic E-state index is 12.5. The van der Waals surface area contributed by atoms with Gasteiger partial charge in [-0.3, -0.25) is 9.59 Å². The van der Waals surface area contributed by atoms with Crippen molar-refractivity contribution in [3.63, 3.8) is 0 Å². The van der Waals surface area contributed by atoms with E-state index in [-0.39, 0.29) is 18.4 Å². The van der Waals surface area contributed by atoms with E-state index in [9.17, 15) is 9.59 Å². The molecule has 0 unspecified atom stereocenters. The van der Waals surface area contributed by atoms with Crippen molar-refractivity contribution in [2.45, 2.75) is 19.4 Å². The zero-order valence-electron chi connectivity index (χ0n) is 14.7. The summed E-state index contributed by atoms with van der Waals surface area (Å²) in [7, 11) is 2.93. The maximum atomic E-state index is 12.5. The highest BCUT2D eigenvalue weighted by Gasteiger charge is 2.23. The Morgan fingerprint density at radius 1 is 1.08 bits per heavy atom. The van der Waals surface area contributed by atoms with E-state index in [1.807, 2.05) is 43.3 Å². The second-order valence-corrected chi connectivity index (χ2v) is 5.79. The number of ether oxygens (including phenoxy) is 2. The Bertz CT molecular complexity index is 742. The van der Waals surface area contributed by atoms with Crippen molar-refractivity contribution in [2.75, 3.05) is 20.8 Å². The summed E-state index contributed by atoms with van der Waals surface area (Å²) in [6.45, 7) is 2.47. The molecule has 0 aliphatic carbocycles. The number of methoxy groups -OCH3 is 2. The third kappa shape index (κ3) is 4.90. The van der Waals surface area contributed by atoms with Gasteiger partial charge in [-0.15, -0.1) is 0 Å². The molecular formula is C20H23NO4. The molecule has 0 saturated heterocycles. The van der Waals surface area contributed by atoms with Gasteiger partial charge in [0.25, 0.3) is 5.91 Å². The molecule has 1 atom stereocenters. The Hall–Kier alpha value is -2.66. The number of carbonyl (C=O) groups excluding carboxylic acids is 2. The summed E-state index contributed by atoms with van der Waals surface area (Å²) in [5, 5.41) is 2.84. The summed E-state index contributed by atoms with van der Waals surface area (Å²) >= 11 is 0. The predicted molar refractivity (Wildman–Crippen MR) is 95.4 cm³/mol. The van der Waals surface area contributed by atoms with Gasteiger partial charge in [0.15, 0.2) is 0 Å². The summed E-state index contributed by atoms with van der Waals surface area (Å²) in [5.41, 5.74) is 3.20. The van der Waals surface area contributed by atoms with Crippen LogP contribution < -0.4 is 5.32 Å². The van der Waals surface area contributed by atoms with Gasteiger partial charge < -0.3 is 14.8 Å². The van der Waals surface area contributed by atoms with Crippen LogP contribution in [0, 0.1) is 6.92 Å². The Kier molecular flexibility index (Phi) is 6.71. The summed E-state index contributed by atoms with van der Waals surface area (Å²) in [5.74, 6) is -1.17. The van der Waals surface area contributed by atoms with E-state index in [1.54, 1.807) is 19.2 Å². The molecule has 0 saturated carbocycles. The van der Waals surface area contributed by atoms with E-state index in [0.29, 0.717) is 12.2 Å². The van der Waals surface area contributed by atoms with E-state index in [2.05, 4.69) is 5.32 Å². The fourth-order valence-corrected chi connectivity index (χ4v) is 2.68. The fraction of sp³-hybridized carbons (Fsp3) is 0.300. The summed E-state index contributed by atoms with van der Waals surface area (Å²) in [6.07, 6.45) is 0. The molecule has 25 heavy (non-hydrogen) atoms. The minimum absolute atomic E-state index is 0.163. The number of aryl methyl sites for hydroxylation is 1. The second kappa shape index (κ2) is 8.99. The molecule has 1 amide bonds. The third-order valence-corrected chi connectivity index (χ3v) is 3.96. The fourth-order valence-electron chi connectivity index (χ4n) is 2.68. The van der Waals surface area contributed by atoms with Crippen LogP contribution in [0.1, 0.15) is 33.0 Å². The first-order valence-corrected chi connectivity index (χ1v) is 8.06. The molecule has 5 nitrogen and oxygen atoms in total. The number of amides is 1. The summed E-state index contributed by atoms with van der Waals surface area (Å²) in [4.78, 5) is 24.7. The van der Waals surface area contributed by atoms with E-state index in [4.69, 9.17) is 9.47 Å². The molecule has 5 heteroatoms. The normalized spacial score (nSPS) is 11.6. The van der Waals surface area contributed by atoms with Gasteiger partial charge in [0.1, 0.15) is 0 Å². The average Bonchev–Trinajstić information content (AvgIpc) is 2.62. The first-order chi connectivity index (χ1) is 12.1. The second-order valence-electron chi connectivity index (χ2n) is 5.79. The first kappa shape index (κ1) is 18.7. The number of hydrogen-bond acceptors (Lipinski definition) is 4. The number of benzene rings is 2. The van der Waals surface area contributed by atoms with Crippen LogP contribution in [0.2, 0.25) is 0 Å². The van der Waals surface area contributed by atoms with E-state index in [0.717, 1.165) is 16.7 Å². The summed E-state index contributed by atoms with van der Waals surface area (Å²) < 4.78 is 10.0. The van der Waals surface area contributed by atoms with Gasteiger partial charge in [-0.2, -0.15) is 0 Å². The van der Waals surface area contributed by atoms with Crippen LogP contribution in [0.25, 0.3) is 0 Å². The lowest BCUT2D eigenvalue weighted by Crippen LogP contribution is -2.32. The molecule has 2 aromatic rings. The van der Waals surface area contributed by atoms with Crippen molar-refractivity contribution in [3.8, 4) is 0 Å². The van der Waals surface area contributed by atoms with Crippen LogP contribution in [-0.4, -0.2) is 32.6 Å². The summed E-state index contributed by atoms with van der Waals surface area (Å²) in [6, 6.07) is 14.9. The van der Waals surface area contributed by atoms with Crippen LogP contribution in [0.4, 0.5) is 0 Å². The predicted octanol–water partition coefficient (Wildman–Crippen LogP) is 2.83. The molecule has 0 radical (unpaired) electrons. The number of nitrogens with one attached hydrogen (secondary N) is 1. The van der Waals surface area contributed by atoms with Gasteiger partial charge in [0, 0.05) is 19.2 Å². The van der Waals surface area contributed by atoms with Crippen molar-refractivity contribution in [1.29, 1.82) is 0 Å². The molecule has 0 aliphatic rings. The number of esters is 1. The molecule has 2 rings (SSSR count). The highest BCUT2D eigenvalue weighted by atomic mass is 16.5. The van der Waals surface area contributed by atoms with Crippen LogP contribution in [0.5, 0.6) is 0 Å². The molecule has 0 aliphatic heterocycles. The molecule has 0 spiro atoms. The Labute approximate surface area is 148 Å². The quantitative estimate of drug-likeness (QED) is 0.787. The molecule has 1 N–H and O–H groups in total. The lowest BCUT2D eigenvalue weighted by Gasteiger charge is -2.17. The minimum atomic E-state index is -0.552. The topological polar surface area (TPSA) is 64.6 Å². The maximum Gasteiger partial charge on any atom is 0.314 e. The first-order valence-electron chi connectivity index (χ1n) is 8.06. The van der Waals surface area contributed by atoms with Crippen LogP contribution in [0.15, 0.2) is 48.5 Å². The van der Waals surface area contributed by atoms with Crippen LogP contribution in [0.3, 0.4) is 0 Å². The number of hydrogen-bond donors (Lipinski definition) is 1. The third-order valence-electron chi connectivity index (χ3n) is 3.96. The van der Waals surface area contributed by atoms with Gasteiger partial charge in [0.05, 0.1) is 19.6 Å². The van der Waals surface area contributed by atoms with E-state index >= 15 is 0 Å². The van der Waals surface area contributed by atoms with Crippen LogP contribution >= 0.6 is 0 Å². The number of rotatable bonds is 7. The van der Waals surface area contributed by atoms with Gasteiger partial charge in [-0.1, -0.05) is 48.0 Å². The largest absolute Gasteiger partial charge is 0.468 e. The zero-order valence-corrected chi connectivity index (χ0v) is 14.7. The molecule has 0 heterocycles. The molecule has 0 bridgehead atoms. The molecule has 132 valence electrons. The Balaban J connectivity index is 2.15. The monoisotopic (exact) mass is 341 g/mol. The highest BCUT2D eigenvalue weighted by Crippen LogP contribution is 2.18. The zero-order chi connectivity index (χ0) is 18.2. The van der Waals surface area contributed by atoms with Crippen molar-refractivity contribution < 1.29 is 19.1 Å². The molecule has 0 fully saturated rings. The van der Waals surface area contributed by atoms with Gasteiger partial charge in [-0.25, -0.2) is 0 Å². The average molecular weight is 341 g/mol. The number of carbonyl (C=O) groups is 2. The van der Waals surface area contributed by atoms with Crippen molar-refractivity contribution in [2.24, 2.45) is 0 Å². The highest BCUT2D eigenvalue weighted by molar-refractivity contribution is 5.96. The van der Waals surface area contributed by atoms with Gasteiger partial charge in [-0.05, 0) is 24.1 Å². The molecule has 2 aromatic carbocycles. The van der Waals surface area contributed by atoms with Gasteiger partial charge in [0.2, 0.25) is 0 Å². The van der Waals surface area contributed by atoms with E-state index < -0.39 is 5.92 Å². The molecular weight excluding hydrogens is 318 g/mol. The standard InChI is InChI=1S/C20H23NO4/c1-14-7-6-9-15(11-14)18(20(23)25-3)12-21-19(22)17-10-5-4-8-16(17)13-24-2/h4-11,18H,12-13H2,1-3H3,(H,21,22)/t18-/m0/s1.